The third-order valence-electron chi connectivity index (χ3n) is 2.98. The molecular formula is C14H22N2O. The highest BCUT2D eigenvalue weighted by atomic mass is 16.2. The molecule has 1 rings (SSSR count). The summed E-state index contributed by atoms with van der Waals surface area (Å²) in [5.41, 5.74) is 1.27. The molecule has 0 unspecified atom stereocenters. The van der Waals surface area contributed by atoms with E-state index in [9.17, 15) is 4.79 Å². The lowest BCUT2D eigenvalue weighted by Crippen LogP contribution is -2.44. The van der Waals surface area contributed by atoms with Gasteiger partial charge in [0.05, 0.1) is 0 Å². The van der Waals surface area contributed by atoms with Gasteiger partial charge in [0.1, 0.15) is 0 Å². The topological polar surface area (TPSA) is 32.3 Å². The second kappa shape index (κ2) is 6.94. The molecule has 0 radical (unpaired) electrons. The van der Waals surface area contributed by atoms with Crippen molar-refractivity contribution >= 4 is 6.03 Å². The number of nitrogens with one attached hydrogen (secondary N) is 1. The molecule has 3 nitrogen and oxygen atoms in total. The van der Waals surface area contributed by atoms with Crippen LogP contribution < -0.4 is 5.32 Å². The molecule has 0 spiro atoms. The van der Waals surface area contributed by atoms with E-state index >= 15 is 0 Å². The largest absolute Gasteiger partial charge is 0.338 e. The molecule has 0 saturated carbocycles. The van der Waals surface area contributed by atoms with Crippen molar-refractivity contribution in [1.29, 1.82) is 0 Å². The highest BCUT2D eigenvalue weighted by Crippen LogP contribution is 2.10. The highest BCUT2D eigenvalue weighted by molar-refractivity contribution is 5.74. The molecule has 3 heteroatoms. The van der Waals surface area contributed by atoms with Gasteiger partial charge in [-0.25, -0.2) is 4.79 Å². The van der Waals surface area contributed by atoms with Crippen molar-refractivity contribution in [2.24, 2.45) is 0 Å². The summed E-state index contributed by atoms with van der Waals surface area (Å²) in [5, 5.41) is 2.83. The first-order chi connectivity index (χ1) is 8.19. The van der Waals surface area contributed by atoms with Gasteiger partial charge in [-0.2, -0.15) is 0 Å². The molecule has 0 saturated heterocycles. The average Bonchev–Trinajstić information content (AvgIpc) is 2.36. The van der Waals surface area contributed by atoms with E-state index in [0.717, 1.165) is 12.8 Å². The van der Waals surface area contributed by atoms with E-state index < -0.39 is 0 Å². The van der Waals surface area contributed by atoms with Crippen LogP contribution in [0.25, 0.3) is 0 Å². The first-order valence-corrected chi connectivity index (χ1v) is 6.23. The first kappa shape index (κ1) is 13.6. The zero-order valence-corrected chi connectivity index (χ0v) is 10.9. The molecule has 1 aromatic rings. The number of benzene rings is 1. The summed E-state index contributed by atoms with van der Waals surface area (Å²) in [6.07, 6.45) is 1.87. The maximum Gasteiger partial charge on any atom is 0.317 e. The predicted molar refractivity (Wildman–Crippen MR) is 71.1 cm³/mol. The smallest absolute Gasteiger partial charge is 0.317 e. The number of rotatable bonds is 5. The molecule has 0 aliphatic heterocycles. The molecule has 1 atom stereocenters. The fraction of sp³-hybridized carbons (Fsp3) is 0.500. The van der Waals surface area contributed by atoms with Crippen molar-refractivity contribution in [2.75, 3.05) is 13.6 Å². The number of nitrogens with zero attached hydrogens (tertiary/aromatic N) is 1. The van der Waals surface area contributed by atoms with Crippen LogP contribution in [0.3, 0.4) is 0 Å². The van der Waals surface area contributed by atoms with E-state index in [1.807, 2.05) is 32.2 Å². The molecule has 0 bridgehead atoms. The lowest BCUT2D eigenvalue weighted by Gasteiger charge is -2.27. The zero-order chi connectivity index (χ0) is 12.7. The van der Waals surface area contributed by atoms with Crippen molar-refractivity contribution in [1.82, 2.24) is 10.2 Å². The predicted octanol–water partition coefficient (Wildman–Crippen LogP) is 2.67. The Morgan fingerprint density at radius 3 is 2.47 bits per heavy atom. The zero-order valence-electron chi connectivity index (χ0n) is 10.9. The maximum absolute atomic E-state index is 11.7. The van der Waals surface area contributed by atoms with Crippen LogP contribution in [0.2, 0.25) is 0 Å². The Bertz CT molecular complexity index is 337. The van der Waals surface area contributed by atoms with Gasteiger partial charge in [0.15, 0.2) is 0 Å². The number of hydrogen-bond acceptors (Lipinski definition) is 1. The standard InChI is InChI=1S/C14H22N2O/c1-4-13(16(3)14(17)15-5-2)11-12-9-7-6-8-10-12/h6-10,13H,4-5,11H2,1-3H3,(H,15,17)/t13-/m1/s1. The molecule has 17 heavy (non-hydrogen) atoms. The van der Waals surface area contributed by atoms with Gasteiger partial charge >= 0.3 is 6.03 Å². The van der Waals surface area contributed by atoms with Crippen molar-refractivity contribution in [3.63, 3.8) is 0 Å². The van der Waals surface area contributed by atoms with E-state index in [4.69, 9.17) is 0 Å². The van der Waals surface area contributed by atoms with E-state index in [1.54, 1.807) is 4.90 Å². The minimum Gasteiger partial charge on any atom is -0.338 e. The fourth-order valence-electron chi connectivity index (χ4n) is 1.88. The normalized spacial score (nSPS) is 11.9. The average molecular weight is 234 g/mol. The van der Waals surface area contributed by atoms with Crippen molar-refractivity contribution < 1.29 is 4.79 Å². The molecular weight excluding hydrogens is 212 g/mol. The minimum atomic E-state index is 0.00952. The van der Waals surface area contributed by atoms with Crippen LogP contribution in [0.5, 0.6) is 0 Å². The second-order valence-electron chi connectivity index (χ2n) is 4.20. The van der Waals surface area contributed by atoms with Gasteiger partial charge in [0.25, 0.3) is 0 Å². The number of likely N-dealkylation sites (N-methyl/N-ethyl adjacent to an activating group) is 1. The van der Waals surface area contributed by atoms with Crippen LogP contribution in [0, 0.1) is 0 Å². The Morgan fingerprint density at radius 2 is 1.94 bits per heavy atom. The van der Waals surface area contributed by atoms with E-state index in [-0.39, 0.29) is 12.1 Å². The summed E-state index contributed by atoms with van der Waals surface area (Å²) in [6, 6.07) is 10.6. The molecule has 0 aliphatic carbocycles. The molecule has 0 heterocycles. The number of amides is 2. The summed E-state index contributed by atoms with van der Waals surface area (Å²) in [6.45, 7) is 4.72. The third kappa shape index (κ3) is 4.10. The van der Waals surface area contributed by atoms with Crippen molar-refractivity contribution in [3.8, 4) is 0 Å². The number of hydrogen-bond donors (Lipinski definition) is 1. The highest BCUT2D eigenvalue weighted by Gasteiger charge is 2.17. The lowest BCUT2D eigenvalue weighted by atomic mass is 10.0. The maximum atomic E-state index is 11.7. The summed E-state index contributed by atoms with van der Waals surface area (Å²) >= 11 is 0. The third-order valence-corrected chi connectivity index (χ3v) is 2.98. The Morgan fingerprint density at radius 1 is 1.29 bits per heavy atom. The quantitative estimate of drug-likeness (QED) is 0.834. The van der Waals surface area contributed by atoms with Crippen LogP contribution in [-0.2, 0) is 6.42 Å². The van der Waals surface area contributed by atoms with Gasteiger partial charge < -0.3 is 10.2 Å². The summed E-state index contributed by atoms with van der Waals surface area (Å²) in [5.74, 6) is 0. The molecule has 0 aliphatic rings. The summed E-state index contributed by atoms with van der Waals surface area (Å²) in [4.78, 5) is 13.6. The van der Waals surface area contributed by atoms with Crippen molar-refractivity contribution in [3.05, 3.63) is 35.9 Å². The van der Waals surface area contributed by atoms with Crippen molar-refractivity contribution in [2.45, 2.75) is 32.7 Å². The van der Waals surface area contributed by atoms with E-state index in [0.29, 0.717) is 6.54 Å². The van der Waals surface area contributed by atoms with Crippen LogP contribution in [-0.4, -0.2) is 30.6 Å². The van der Waals surface area contributed by atoms with Gasteiger partial charge in [-0.1, -0.05) is 37.3 Å². The summed E-state index contributed by atoms with van der Waals surface area (Å²) in [7, 11) is 1.86. The van der Waals surface area contributed by atoms with Gasteiger partial charge in [-0.3, -0.25) is 0 Å². The molecule has 94 valence electrons. The molecule has 0 fully saturated rings. The molecule has 1 aromatic carbocycles. The minimum absolute atomic E-state index is 0.00952. The molecule has 0 aromatic heterocycles. The Balaban J connectivity index is 2.62. The van der Waals surface area contributed by atoms with Gasteiger partial charge in [-0.05, 0) is 25.3 Å². The van der Waals surface area contributed by atoms with Gasteiger partial charge in [0.2, 0.25) is 0 Å². The Hall–Kier alpha value is -1.51. The van der Waals surface area contributed by atoms with Crippen LogP contribution in [0.4, 0.5) is 4.79 Å². The Labute approximate surface area is 104 Å². The van der Waals surface area contributed by atoms with Gasteiger partial charge in [0, 0.05) is 19.6 Å². The monoisotopic (exact) mass is 234 g/mol. The fourth-order valence-corrected chi connectivity index (χ4v) is 1.88. The number of carbonyl (C=O) groups excluding carboxylic acids is 1. The number of carbonyl (C=O) groups is 1. The van der Waals surface area contributed by atoms with E-state index in [1.165, 1.54) is 5.56 Å². The summed E-state index contributed by atoms with van der Waals surface area (Å²) < 4.78 is 0. The second-order valence-corrected chi connectivity index (χ2v) is 4.20. The van der Waals surface area contributed by atoms with Crippen LogP contribution in [0.15, 0.2) is 30.3 Å². The van der Waals surface area contributed by atoms with Crippen LogP contribution in [0.1, 0.15) is 25.8 Å². The number of urea groups is 1. The van der Waals surface area contributed by atoms with Gasteiger partial charge in [-0.15, -0.1) is 0 Å². The molecule has 2 amide bonds. The molecule has 1 N–H and O–H groups in total. The Kier molecular flexibility index (Phi) is 5.53. The SMILES string of the molecule is CCNC(=O)N(C)[C@H](CC)Cc1ccccc1. The van der Waals surface area contributed by atoms with E-state index in [2.05, 4.69) is 24.4 Å². The first-order valence-electron chi connectivity index (χ1n) is 6.23. The lowest BCUT2D eigenvalue weighted by molar-refractivity contribution is 0.188. The van der Waals surface area contributed by atoms with Crippen LogP contribution >= 0.6 is 0 Å².